The summed E-state index contributed by atoms with van der Waals surface area (Å²) in [5.74, 6) is -0.966. The van der Waals surface area contributed by atoms with E-state index in [0.29, 0.717) is 19.3 Å². The number of allylic oxidation sites excluding steroid dienone is 12. The molecule has 0 spiro atoms. The van der Waals surface area contributed by atoms with Gasteiger partial charge in [-0.2, -0.15) is 0 Å². The first kappa shape index (κ1) is 59.9. The van der Waals surface area contributed by atoms with Crippen LogP contribution in [0.3, 0.4) is 0 Å². The highest BCUT2D eigenvalue weighted by atomic mass is 16.6. The second-order valence-corrected chi connectivity index (χ2v) is 17.5. The Morgan fingerprint density at radius 3 is 1.08 bits per heavy atom. The molecule has 0 aliphatic carbocycles. The first-order chi connectivity index (χ1) is 31.0. The number of unbranched alkanes of at least 4 members (excludes halogenated alkanes) is 26. The number of hydrogen-bond acceptors (Lipinski definition) is 6. The van der Waals surface area contributed by atoms with Crippen molar-refractivity contribution >= 4 is 17.9 Å². The third-order valence-electron chi connectivity index (χ3n) is 11.2. The minimum Gasteiger partial charge on any atom is -0.462 e. The largest absolute Gasteiger partial charge is 0.462 e. The van der Waals surface area contributed by atoms with E-state index in [9.17, 15) is 14.4 Å². The van der Waals surface area contributed by atoms with Crippen molar-refractivity contribution in [2.75, 3.05) is 13.2 Å². The van der Waals surface area contributed by atoms with Crippen molar-refractivity contribution < 1.29 is 28.6 Å². The molecule has 0 fully saturated rings. The van der Waals surface area contributed by atoms with Crippen LogP contribution in [0.4, 0.5) is 0 Å². The van der Waals surface area contributed by atoms with Gasteiger partial charge in [-0.05, 0) is 96.3 Å². The van der Waals surface area contributed by atoms with Gasteiger partial charge < -0.3 is 14.2 Å². The van der Waals surface area contributed by atoms with Crippen molar-refractivity contribution in [1.82, 2.24) is 0 Å². The lowest BCUT2D eigenvalue weighted by molar-refractivity contribution is -0.167. The molecule has 0 aliphatic rings. The van der Waals surface area contributed by atoms with E-state index in [1.807, 2.05) is 0 Å². The average Bonchev–Trinajstić information content (AvgIpc) is 3.28. The molecule has 0 aliphatic heterocycles. The second kappa shape index (κ2) is 51.5. The molecule has 0 heterocycles. The molecular weight excluding hydrogens is 781 g/mol. The summed E-state index contributed by atoms with van der Waals surface area (Å²) in [6.07, 6.45) is 64.7. The third-order valence-corrected chi connectivity index (χ3v) is 11.2. The maximum atomic E-state index is 12.8. The molecule has 0 rings (SSSR count). The number of ether oxygens (including phenoxy) is 3. The van der Waals surface area contributed by atoms with E-state index in [4.69, 9.17) is 14.2 Å². The van der Waals surface area contributed by atoms with E-state index in [1.54, 1.807) is 0 Å². The van der Waals surface area contributed by atoms with Gasteiger partial charge in [0, 0.05) is 19.3 Å². The molecular formula is C57H98O6. The Kier molecular flexibility index (Phi) is 48.9. The van der Waals surface area contributed by atoms with Crippen LogP contribution in [0.15, 0.2) is 72.9 Å². The van der Waals surface area contributed by atoms with Crippen LogP contribution < -0.4 is 0 Å². The smallest absolute Gasteiger partial charge is 0.306 e. The van der Waals surface area contributed by atoms with Crippen LogP contribution in [0.2, 0.25) is 0 Å². The highest BCUT2D eigenvalue weighted by Crippen LogP contribution is 2.13. The molecule has 0 N–H and O–H groups in total. The zero-order valence-electron chi connectivity index (χ0n) is 41.3. The summed E-state index contributed by atoms with van der Waals surface area (Å²) in [7, 11) is 0. The molecule has 0 aromatic carbocycles. The van der Waals surface area contributed by atoms with Gasteiger partial charge in [0.05, 0.1) is 0 Å². The Morgan fingerprint density at radius 1 is 0.349 bits per heavy atom. The standard InChI is InChI=1S/C57H98O6/c1-4-7-10-13-16-19-21-23-25-27-29-31-33-35-38-41-44-47-50-56(59)62-53-54(52-61-55(58)49-46-43-40-37-18-15-12-9-6-3)63-57(60)51-48-45-42-39-36-34-32-30-28-26-24-22-20-17-14-11-8-5-2/h9,12,18,25-32,37,54H,4-8,10-11,13-17,19-24,33-36,38-53H2,1-3H3/b12-9-,27-25-,28-26-,31-29-,32-30-,37-18-. The summed E-state index contributed by atoms with van der Waals surface area (Å²) in [6, 6.07) is 0. The summed E-state index contributed by atoms with van der Waals surface area (Å²) in [4.78, 5) is 37.9. The average molecular weight is 879 g/mol. The number of rotatable bonds is 47. The molecule has 0 aromatic rings. The fourth-order valence-corrected chi connectivity index (χ4v) is 7.23. The van der Waals surface area contributed by atoms with Crippen molar-refractivity contribution in [3.05, 3.63) is 72.9 Å². The Morgan fingerprint density at radius 2 is 0.667 bits per heavy atom. The van der Waals surface area contributed by atoms with E-state index in [-0.39, 0.29) is 31.1 Å². The molecule has 0 saturated carbocycles. The molecule has 0 saturated heterocycles. The van der Waals surface area contributed by atoms with Gasteiger partial charge in [-0.3, -0.25) is 14.4 Å². The van der Waals surface area contributed by atoms with Crippen molar-refractivity contribution in [2.24, 2.45) is 0 Å². The van der Waals surface area contributed by atoms with Gasteiger partial charge in [-0.15, -0.1) is 0 Å². The van der Waals surface area contributed by atoms with Crippen LogP contribution in [0.5, 0.6) is 0 Å². The Hall–Kier alpha value is -3.15. The van der Waals surface area contributed by atoms with E-state index in [2.05, 4.69) is 93.7 Å². The highest BCUT2D eigenvalue weighted by Gasteiger charge is 2.19. The Labute approximate surface area is 389 Å². The molecule has 362 valence electrons. The van der Waals surface area contributed by atoms with Gasteiger partial charge in [-0.1, -0.05) is 209 Å². The molecule has 1 atom stereocenters. The summed E-state index contributed by atoms with van der Waals surface area (Å²) in [5.41, 5.74) is 0. The van der Waals surface area contributed by atoms with Crippen LogP contribution in [0.1, 0.15) is 252 Å². The molecule has 6 nitrogen and oxygen atoms in total. The maximum absolute atomic E-state index is 12.8. The van der Waals surface area contributed by atoms with Gasteiger partial charge >= 0.3 is 17.9 Å². The molecule has 0 radical (unpaired) electrons. The van der Waals surface area contributed by atoms with E-state index in [1.165, 1.54) is 103 Å². The first-order valence-electron chi connectivity index (χ1n) is 26.5. The molecule has 0 amide bonds. The lowest BCUT2D eigenvalue weighted by Gasteiger charge is -2.18. The van der Waals surface area contributed by atoms with Crippen molar-refractivity contribution in [1.29, 1.82) is 0 Å². The summed E-state index contributed by atoms with van der Waals surface area (Å²) < 4.78 is 16.7. The summed E-state index contributed by atoms with van der Waals surface area (Å²) >= 11 is 0. The quantitative estimate of drug-likeness (QED) is 0.0199. The highest BCUT2D eigenvalue weighted by molar-refractivity contribution is 5.71. The topological polar surface area (TPSA) is 78.9 Å². The SMILES string of the molecule is CC/C=C\C/C=C\CCCCC(=O)OCC(COC(=O)CCCCCCC/C=C\C=C/CCCCCCCCC)OC(=O)CCCCCCC/C=C\C=C/CCCCCCCCC. The van der Waals surface area contributed by atoms with Crippen LogP contribution in [0, 0.1) is 0 Å². The van der Waals surface area contributed by atoms with E-state index >= 15 is 0 Å². The van der Waals surface area contributed by atoms with E-state index in [0.717, 1.165) is 109 Å². The Bertz CT molecular complexity index is 1190. The summed E-state index contributed by atoms with van der Waals surface area (Å²) in [5, 5.41) is 0. The van der Waals surface area contributed by atoms with Gasteiger partial charge in [-0.25, -0.2) is 0 Å². The molecule has 63 heavy (non-hydrogen) atoms. The molecule has 0 bridgehead atoms. The van der Waals surface area contributed by atoms with Crippen LogP contribution in [-0.4, -0.2) is 37.2 Å². The molecule has 0 aromatic heterocycles. The van der Waals surface area contributed by atoms with Gasteiger partial charge in [0.15, 0.2) is 6.10 Å². The molecule has 1 unspecified atom stereocenters. The Balaban J connectivity index is 4.39. The first-order valence-corrected chi connectivity index (χ1v) is 26.5. The normalized spacial score (nSPS) is 12.6. The second-order valence-electron chi connectivity index (χ2n) is 17.5. The van der Waals surface area contributed by atoms with Gasteiger partial charge in [0.25, 0.3) is 0 Å². The monoisotopic (exact) mass is 879 g/mol. The lowest BCUT2D eigenvalue weighted by Crippen LogP contribution is -2.30. The zero-order valence-corrected chi connectivity index (χ0v) is 41.3. The van der Waals surface area contributed by atoms with Crippen LogP contribution in [0.25, 0.3) is 0 Å². The van der Waals surface area contributed by atoms with Crippen molar-refractivity contribution in [3.63, 3.8) is 0 Å². The van der Waals surface area contributed by atoms with Gasteiger partial charge in [0.1, 0.15) is 13.2 Å². The van der Waals surface area contributed by atoms with Crippen molar-refractivity contribution in [3.8, 4) is 0 Å². The fourth-order valence-electron chi connectivity index (χ4n) is 7.23. The maximum Gasteiger partial charge on any atom is 0.306 e. The summed E-state index contributed by atoms with van der Waals surface area (Å²) in [6.45, 7) is 6.45. The fraction of sp³-hybridized carbons (Fsp3) is 0.737. The lowest BCUT2D eigenvalue weighted by atomic mass is 10.1. The number of carbonyl (C=O) groups excluding carboxylic acids is 3. The predicted octanol–water partition coefficient (Wildman–Crippen LogP) is 17.4. The van der Waals surface area contributed by atoms with E-state index < -0.39 is 6.10 Å². The minimum absolute atomic E-state index is 0.100. The number of esters is 3. The zero-order chi connectivity index (χ0) is 45.8. The number of carbonyl (C=O) groups is 3. The minimum atomic E-state index is -0.802. The van der Waals surface area contributed by atoms with Crippen molar-refractivity contribution in [2.45, 2.75) is 258 Å². The predicted molar refractivity (Wildman–Crippen MR) is 270 cm³/mol. The van der Waals surface area contributed by atoms with Gasteiger partial charge in [0.2, 0.25) is 0 Å². The number of hydrogen-bond donors (Lipinski definition) is 0. The molecule has 6 heteroatoms. The van der Waals surface area contributed by atoms with Crippen LogP contribution >= 0.6 is 0 Å². The van der Waals surface area contributed by atoms with Crippen LogP contribution in [-0.2, 0) is 28.6 Å². The third kappa shape index (κ3) is 49.7.